The number of rotatable bonds is 5. The number of phenols is 1. The van der Waals surface area contributed by atoms with Gasteiger partial charge in [0, 0.05) is 17.5 Å². The first-order valence-electron chi connectivity index (χ1n) is 12.9. The summed E-state index contributed by atoms with van der Waals surface area (Å²) in [4.78, 5) is 13.3. The van der Waals surface area contributed by atoms with E-state index in [0.717, 1.165) is 0 Å². The number of fused-ring (bicyclic) bond motifs is 3. The Morgan fingerprint density at radius 3 is 1.91 bits per heavy atom. The van der Waals surface area contributed by atoms with E-state index < -0.39 is 58.9 Å². The maximum absolute atomic E-state index is 13.6. The maximum atomic E-state index is 13.6. The summed E-state index contributed by atoms with van der Waals surface area (Å²) >= 11 is 0. The van der Waals surface area contributed by atoms with E-state index in [1.807, 2.05) is 0 Å². The summed E-state index contributed by atoms with van der Waals surface area (Å²) in [6.07, 6.45) is -10.1. The van der Waals surface area contributed by atoms with Crippen LogP contribution in [0.15, 0.2) is 42.5 Å². The van der Waals surface area contributed by atoms with Gasteiger partial charge in [-0.15, -0.1) is 0 Å². The molecule has 14 heteroatoms. The molecule has 1 fully saturated rings. The average Bonchev–Trinajstić information content (AvgIpc) is 3.57. The van der Waals surface area contributed by atoms with E-state index in [0.29, 0.717) is 40.3 Å². The van der Waals surface area contributed by atoms with Crippen LogP contribution < -0.4 is 24.3 Å². The topological polar surface area (TPSA) is 95.5 Å². The number of carbonyl (C=O) groups is 1. The molecule has 0 amide bonds. The highest BCUT2D eigenvalue weighted by atomic mass is 19.4. The SMILES string of the molecule is COc1cc([C@@H]2c3cc4c(cc3[C@@H](Nc3cc(C(F)(F)F)cc(C(F)(F)F)c3)[C@H]3COC(=O)[C@H]23)OCO4)cc(OC)c1O. The molecule has 3 aromatic rings. The first kappa shape index (κ1) is 28.6. The van der Waals surface area contributed by atoms with Crippen LogP contribution in [0.25, 0.3) is 0 Å². The van der Waals surface area contributed by atoms with Gasteiger partial charge in [0.05, 0.1) is 43.9 Å². The van der Waals surface area contributed by atoms with Crippen molar-refractivity contribution < 1.29 is 59.9 Å². The molecule has 8 nitrogen and oxygen atoms in total. The van der Waals surface area contributed by atoms with Gasteiger partial charge in [0.2, 0.25) is 12.5 Å². The first-order chi connectivity index (χ1) is 20.3. The Balaban J connectivity index is 1.54. The maximum Gasteiger partial charge on any atom is 0.416 e. The number of esters is 1. The third kappa shape index (κ3) is 4.87. The Morgan fingerprint density at radius 1 is 0.814 bits per heavy atom. The van der Waals surface area contributed by atoms with Crippen LogP contribution in [0.1, 0.15) is 39.8 Å². The highest BCUT2D eigenvalue weighted by Crippen LogP contribution is 2.56. The minimum atomic E-state index is -5.05. The monoisotopic (exact) mass is 611 g/mol. The highest BCUT2D eigenvalue weighted by molar-refractivity contribution is 5.79. The van der Waals surface area contributed by atoms with E-state index in [1.54, 1.807) is 12.1 Å². The van der Waals surface area contributed by atoms with Crippen molar-refractivity contribution in [3.05, 3.63) is 70.3 Å². The summed E-state index contributed by atoms with van der Waals surface area (Å²) in [5.74, 6) is -2.54. The number of hydrogen-bond acceptors (Lipinski definition) is 8. The van der Waals surface area contributed by atoms with Crippen molar-refractivity contribution in [2.24, 2.45) is 11.8 Å². The van der Waals surface area contributed by atoms with Gasteiger partial charge in [-0.2, -0.15) is 26.3 Å². The fourth-order valence-electron chi connectivity index (χ4n) is 6.06. The molecular weight excluding hydrogens is 588 g/mol. The van der Waals surface area contributed by atoms with Crippen molar-refractivity contribution in [3.63, 3.8) is 0 Å². The molecule has 0 radical (unpaired) electrons. The molecular formula is C29H23F6NO7. The van der Waals surface area contributed by atoms with Gasteiger partial charge in [-0.3, -0.25) is 4.79 Å². The van der Waals surface area contributed by atoms with Crippen LogP contribution in [0.5, 0.6) is 28.7 Å². The molecule has 1 aliphatic carbocycles. The number of hydrogen-bond donors (Lipinski definition) is 2. The molecule has 0 unspecified atom stereocenters. The van der Waals surface area contributed by atoms with Gasteiger partial charge in [-0.25, -0.2) is 0 Å². The second kappa shape index (κ2) is 10.1. The summed E-state index contributed by atoms with van der Waals surface area (Å²) in [5.41, 5.74) is -1.99. The Morgan fingerprint density at radius 2 is 1.37 bits per heavy atom. The van der Waals surface area contributed by atoms with Gasteiger partial charge in [0.15, 0.2) is 23.0 Å². The summed E-state index contributed by atoms with van der Waals surface area (Å²) in [6, 6.07) is 6.53. The lowest BCUT2D eigenvalue weighted by Crippen LogP contribution is -2.37. The number of alkyl halides is 6. The number of halogens is 6. The first-order valence-corrected chi connectivity index (χ1v) is 12.9. The zero-order chi connectivity index (χ0) is 30.8. The number of carbonyl (C=O) groups excluding carboxylic acids is 1. The van der Waals surface area contributed by atoms with Gasteiger partial charge in [0.1, 0.15) is 0 Å². The fraction of sp³-hybridized carbons (Fsp3) is 0.345. The lowest BCUT2D eigenvalue weighted by Gasteiger charge is -2.40. The second-order valence-corrected chi connectivity index (χ2v) is 10.3. The van der Waals surface area contributed by atoms with E-state index >= 15 is 0 Å². The third-order valence-electron chi connectivity index (χ3n) is 7.96. The van der Waals surface area contributed by atoms with E-state index in [2.05, 4.69) is 5.32 Å². The molecule has 2 aliphatic heterocycles. The molecule has 6 rings (SSSR count). The van der Waals surface area contributed by atoms with Gasteiger partial charge in [-0.05, 0) is 59.2 Å². The normalized spacial score (nSPS) is 22.5. The van der Waals surface area contributed by atoms with Crippen molar-refractivity contribution in [2.75, 3.05) is 32.9 Å². The van der Waals surface area contributed by atoms with Crippen LogP contribution in [-0.4, -0.2) is 38.7 Å². The predicted octanol–water partition coefficient (Wildman–Crippen LogP) is 6.26. The molecule has 0 spiro atoms. The molecule has 2 N–H and O–H groups in total. The fourth-order valence-corrected chi connectivity index (χ4v) is 6.06. The summed E-state index contributed by atoms with van der Waals surface area (Å²) in [5, 5.41) is 13.3. The third-order valence-corrected chi connectivity index (χ3v) is 7.96. The summed E-state index contributed by atoms with van der Waals surface area (Å²) in [6.45, 7) is -0.275. The zero-order valence-electron chi connectivity index (χ0n) is 22.4. The molecule has 0 aromatic heterocycles. The molecule has 43 heavy (non-hydrogen) atoms. The predicted molar refractivity (Wildman–Crippen MR) is 136 cm³/mol. The smallest absolute Gasteiger partial charge is 0.416 e. The van der Waals surface area contributed by atoms with Gasteiger partial charge < -0.3 is 34.1 Å². The number of aromatic hydroxyl groups is 1. The van der Waals surface area contributed by atoms with E-state index in [4.69, 9.17) is 23.7 Å². The number of anilines is 1. The molecule has 1 saturated heterocycles. The molecule has 0 bridgehead atoms. The van der Waals surface area contributed by atoms with Crippen LogP contribution >= 0.6 is 0 Å². The number of methoxy groups -OCH3 is 2. The number of benzene rings is 3. The molecule has 228 valence electrons. The Kier molecular flexibility index (Phi) is 6.69. The Hall–Kier alpha value is -4.49. The van der Waals surface area contributed by atoms with Crippen LogP contribution in [0, 0.1) is 11.8 Å². The highest BCUT2D eigenvalue weighted by Gasteiger charge is 2.53. The van der Waals surface area contributed by atoms with Crippen LogP contribution in [0.2, 0.25) is 0 Å². The number of nitrogens with one attached hydrogen (secondary N) is 1. The molecule has 0 saturated carbocycles. The second-order valence-electron chi connectivity index (χ2n) is 10.3. The van der Waals surface area contributed by atoms with Crippen molar-refractivity contribution >= 4 is 11.7 Å². The minimum Gasteiger partial charge on any atom is -0.502 e. The number of ether oxygens (including phenoxy) is 5. The summed E-state index contributed by atoms with van der Waals surface area (Å²) in [7, 11) is 2.67. The largest absolute Gasteiger partial charge is 0.502 e. The number of phenolic OH excluding ortho intramolecular Hbond substituents is 1. The van der Waals surface area contributed by atoms with Gasteiger partial charge in [-0.1, -0.05) is 0 Å². The zero-order valence-corrected chi connectivity index (χ0v) is 22.4. The molecule has 2 heterocycles. The van der Waals surface area contributed by atoms with E-state index in [-0.39, 0.29) is 36.7 Å². The van der Waals surface area contributed by atoms with Gasteiger partial charge in [0.25, 0.3) is 0 Å². The van der Waals surface area contributed by atoms with Crippen LogP contribution in [0.4, 0.5) is 32.0 Å². The molecule has 4 atom stereocenters. The van der Waals surface area contributed by atoms with Crippen molar-refractivity contribution in [3.8, 4) is 28.7 Å². The Bertz CT molecular complexity index is 1550. The van der Waals surface area contributed by atoms with Crippen LogP contribution in [0.3, 0.4) is 0 Å². The molecule has 3 aromatic carbocycles. The van der Waals surface area contributed by atoms with Crippen molar-refractivity contribution in [1.82, 2.24) is 0 Å². The van der Waals surface area contributed by atoms with E-state index in [9.17, 15) is 36.2 Å². The van der Waals surface area contributed by atoms with Crippen molar-refractivity contribution in [1.29, 1.82) is 0 Å². The van der Waals surface area contributed by atoms with E-state index in [1.165, 1.54) is 26.4 Å². The minimum absolute atomic E-state index is 0.0463. The van der Waals surface area contributed by atoms with Crippen LogP contribution in [-0.2, 0) is 21.9 Å². The standard InChI is InChI=1S/C29H23F6NO7/c1-39-21-3-12(4-22(40-2)26(21)37)23-16-8-19-20(43-11-42-19)9-17(16)25(18-10-41-27(38)24(18)23)36-15-6-13(28(30,31)32)5-14(7-15)29(33,34)35/h3-9,18,23-25,36-37H,10-11H2,1-2H3/t18-,23+,24-,25+/m0/s1. The Labute approximate surface area is 240 Å². The average molecular weight is 611 g/mol. The lowest BCUT2D eigenvalue weighted by atomic mass is 9.65. The summed E-state index contributed by atoms with van der Waals surface area (Å²) < 4.78 is 109. The van der Waals surface area contributed by atoms with Crippen molar-refractivity contribution in [2.45, 2.75) is 24.3 Å². The number of cyclic esters (lactones) is 1. The van der Waals surface area contributed by atoms with Gasteiger partial charge >= 0.3 is 18.3 Å². The lowest BCUT2D eigenvalue weighted by molar-refractivity contribution is -0.143. The quantitative estimate of drug-likeness (QED) is 0.258. The molecule has 3 aliphatic rings.